The summed E-state index contributed by atoms with van der Waals surface area (Å²) in [5.74, 6) is 0.808. The molecule has 0 unspecified atom stereocenters. The molecule has 98 valence electrons. The van der Waals surface area contributed by atoms with Crippen LogP contribution in [0.5, 0.6) is 0 Å². The minimum absolute atomic E-state index is 0.349. The Balaban J connectivity index is 1.72. The van der Waals surface area contributed by atoms with Crippen LogP contribution in [0, 0.1) is 5.92 Å². The van der Waals surface area contributed by atoms with Crippen molar-refractivity contribution >= 4 is 6.09 Å². The third-order valence-electron chi connectivity index (χ3n) is 3.48. The van der Waals surface area contributed by atoms with E-state index in [4.69, 9.17) is 4.74 Å². The number of hydrogen-bond donors (Lipinski definition) is 0. The van der Waals surface area contributed by atoms with Gasteiger partial charge in [0, 0.05) is 12.3 Å². The van der Waals surface area contributed by atoms with E-state index in [1.165, 1.54) is 37.9 Å². The van der Waals surface area contributed by atoms with Crippen molar-refractivity contribution in [2.75, 3.05) is 6.61 Å². The number of rotatable bonds is 4. The summed E-state index contributed by atoms with van der Waals surface area (Å²) < 4.78 is 6.09. The van der Waals surface area contributed by atoms with Gasteiger partial charge < -0.3 is 4.74 Å². The molecule has 4 heteroatoms. The maximum Gasteiger partial charge on any atom is 0.420 e. The number of hydrogen-bond acceptors (Lipinski definition) is 3. The predicted molar refractivity (Wildman–Crippen MR) is 68.6 cm³/mol. The summed E-state index contributed by atoms with van der Waals surface area (Å²) in [5.41, 5.74) is -0.349. The van der Waals surface area contributed by atoms with E-state index in [2.05, 4.69) is 0 Å². The Bertz CT molecular complexity index is 446. The van der Waals surface area contributed by atoms with E-state index in [-0.39, 0.29) is 5.56 Å². The molecule has 0 aromatic carbocycles. The summed E-state index contributed by atoms with van der Waals surface area (Å²) in [4.78, 5) is 23.0. The molecule has 1 aliphatic rings. The Labute approximate surface area is 107 Å². The van der Waals surface area contributed by atoms with E-state index in [0.717, 1.165) is 23.3 Å². The van der Waals surface area contributed by atoms with Gasteiger partial charge >= 0.3 is 6.09 Å². The molecule has 1 aliphatic carbocycles. The van der Waals surface area contributed by atoms with Crippen LogP contribution >= 0.6 is 0 Å². The van der Waals surface area contributed by atoms with Gasteiger partial charge in [0.2, 0.25) is 0 Å². The highest BCUT2D eigenvalue weighted by Crippen LogP contribution is 2.28. The second kappa shape index (κ2) is 6.38. The number of pyridine rings is 1. The first-order valence-electron chi connectivity index (χ1n) is 6.62. The summed E-state index contributed by atoms with van der Waals surface area (Å²) in [7, 11) is 0. The third kappa shape index (κ3) is 3.45. The van der Waals surface area contributed by atoms with Crippen molar-refractivity contribution in [1.29, 1.82) is 0 Å². The molecule has 1 saturated carbocycles. The van der Waals surface area contributed by atoms with Gasteiger partial charge in [0.1, 0.15) is 0 Å². The minimum atomic E-state index is -0.577. The Hall–Kier alpha value is -1.58. The Morgan fingerprint density at radius 2 is 2.11 bits per heavy atom. The van der Waals surface area contributed by atoms with Gasteiger partial charge in [-0.3, -0.25) is 4.79 Å². The Morgan fingerprint density at radius 1 is 1.33 bits per heavy atom. The van der Waals surface area contributed by atoms with Crippen LogP contribution in [0.1, 0.15) is 38.5 Å². The van der Waals surface area contributed by atoms with Crippen LogP contribution in [0.25, 0.3) is 0 Å². The summed E-state index contributed by atoms with van der Waals surface area (Å²) in [6.07, 6.45) is 8.16. The fraction of sp³-hybridized carbons (Fsp3) is 0.571. The van der Waals surface area contributed by atoms with Gasteiger partial charge in [0.05, 0.1) is 6.61 Å². The highest BCUT2D eigenvalue weighted by molar-refractivity contribution is 5.70. The molecule has 0 amide bonds. The lowest BCUT2D eigenvalue weighted by atomic mass is 10.0. The molecule has 0 N–H and O–H groups in total. The molecule has 1 aromatic rings. The topological polar surface area (TPSA) is 48.3 Å². The Kier molecular flexibility index (Phi) is 4.56. The van der Waals surface area contributed by atoms with Gasteiger partial charge in [-0.25, -0.2) is 9.36 Å². The molecular weight excluding hydrogens is 230 g/mol. The van der Waals surface area contributed by atoms with Crippen LogP contribution in [0.15, 0.2) is 29.2 Å². The van der Waals surface area contributed by atoms with E-state index in [0.29, 0.717) is 6.61 Å². The number of ether oxygens (including phenoxy) is 1. The van der Waals surface area contributed by atoms with Crippen molar-refractivity contribution in [2.24, 2.45) is 5.92 Å². The number of aromatic nitrogens is 1. The molecule has 0 bridgehead atoms. The molecule has 1 heterocycles. The van der Waals surface area contributed by atoms with E-state index in [1.807, 2.05) is 0 Å². The maximum absolute atomic E-state index is 11.6. The summed E-state index contributed by atoms with van der Waals surface area (Å²) in [5, 5.41) is 0. The van der Waals surface area contributed by atoms with Gasteiger partial charge in [-0.05, 0) is 24.8 Å². The molecule has 0 spiro atoms. The maximum atomic E-state index is 11.6. The smallest absolute Gasteiger partial charge is 0.420 e. The lowest BCUT2D eigenvalue weighted by molar-refractivity contribution is 0.143. The normalized spacial score (nSPS) is 15.8. The highest BCUT2D eigenvalue weighted by atomic mass is 16.5. The van der Waals surface area contributed by atoms with Crippen molar-refractivity contribution in [3.8, 4) is 0 Å². The Morgan fingerprint density at radius 3 is 2.83 bits per heavy atom. The summed E-state index contributed by atoms with van der Waals surface area (Å²) in [6.45, 7) is 0.399. The average molecular weight is 249 g/mol. The monoisotopic (exact) mass is 249 g/mol. The first kappa shape index (κ1) is 12.9. The zero-order valence-electron chi connectivity index (χ0n) is 10.5. The van der Waals surface area contributed by atoms with Gasteiger partial charge in [0.25, 0.3) is 5.56 Å². The van der Waals surface area contributed by atoms with E-state index < -0.39 is 6.09 Å². The van der Waals surface area contributed by atoms with E-state index >= 15 is 0 Å². The van der Waals surface area contributed by atoms with Crippen LogP contribution in [-0.2, 0) is 4.74 Å². The van der Waals surface area contributed by atoms with Crippen LogP contribution in [-0.4, -0.2) is 17.3 Å². The first-order chi connectivity index (χ1) is 8.77. The molecule has 2 rings (SSSR count). The van der Waals surface area contributed by atoms with Gasteiger partial charge in [0.15, 0.2) is 0 Å². The summed E-state index contributed by atoms with van der Waals surface area (Å²) in [6, 6.07) is 4.59. The number of carbonyl (C=O) groups is 1. The zero-order valence-corrected chi connectivity index (χ0v) is 10.5. The largest absolute Gasteiger partial charge is 0.449 e. The number of carbonyl (C=O) groups excluding carboxylic acids is 1. The molecule has 1 fully saturated rings. The quantitative estimate of drug-likeness (QED) is 0.771. The molecule has 0 saturated heterocycles. The second-order valence-corrected chi connectivity index (χ2v) is 4.82. The van der Waals surface area contributed by atoms with E-state index in [1.54, 1.807) is 12.1 Å². The molecule has 0 radical (unpaired) electrons. The standard InChI is InChI=1S/C14H19NO3/c16-13-9-3-4-10-15(13)14(17)18-11-5-8-12-6-1-2-7-12/h3-4,9-10,12H,1-2,5-8,11H2. The van der Waals surface area contributed by atoms with Gasteiger partial charge in [-0.15, -0.1) is 0 Å². The van der Waals surface area contributed by atoms with Crippen LogP contribution in [0.3, 0.4) is 0 Å². The molecule has 18 heavy (non-hydrogen) atoms. The van der Waals surface area contributed by atoms with Gasteiger partial charge in [-0.1, -0.05) is 31.7 Å². The predicted octanol–water partition coefficient (Wildman–Crippen LogP) is 2.80. The SMILES string of the molecule is O=C(OCCCC1CCCC1)n1ccccc1=O. The first-order valence-corrected chi connectivity index (χ1v) is 6.62. The van der Waals surface area contributed by atoms with Crippen LogP contribution in [0.4, 0.5) is 4.79 Å². The van der Waals surface area contributed by atoms with Crippen LogP contribution in [0.2, 0.25) is 0 Å². The van der Waals surface area contributed by atoms with Gasteiger partial charge in [-0.2, -0.15) is 0 Å². The van der Waals surface area contributed by atoms with Crippen molar-refractivity contribution in [3.63, 3.8) is 0 Å². The minimum Gasteiger partial charge on any atom is -0.449 e. The third-order valence-corrected chi connectivity index (χ3v) is 3.48. The molecule has 1 aromatic heterocycles. The lowest BCUT2D eigenvalue weighted by Gasteiger charge is -2.09. The fourth-order valence-electron chi connectivity index (χ4n) is 2.48. The highest BCUT2D eigenvalue weighted by Gasteiger charge is 2.14. The molecular formula is C14H19NO3. The lowest BCUT2D eigenvalue weighted by Crippen LogP contribution is -2.26. The van der Waals surface area contributed by atoms with Crippen molar-refractivity contribution in [1.82, 2.24) is 4.57 Å². The fourth-order valence-corrected chi connectivity index (χ4v) is 2.48. The van der Waals surface area contributed by atoms with Crippen LogP contribution < -0.4 is 5.56 Å². The van der Waals surface area contributed by atoms with Crippen molar-refractivity contribution < 1.29 is 9.53 Å². The van der Waals surface area contributed by atoms with E-state index in [9.17, 15) is 9.59 Å². The summed E-state index contributed by atoms with van der Waals surface area (Å²) >= 11 is 0. The molecule has 0 aliphatic heterocycles. The molecule has 4 nitrogen and oxygen atoms in total. The molecule has 0 atom stereocenters. The zero-order chi connectivity index (χ0) is 12.8. The second-order valence-electron chi connectivity index (χ2n) is 4.82. The van der Waals surface area contributed by atoms with Crippen molar-refractivity contribution in [3.05, 3.63) is 34.7 Å². The number of nitrogens with zero attached hydrogens (tertiary/aromatic N) is 1. The van der Waals surface area contributed by atoms with Crippen molar-refractivity contribution in [2.45, 2.75) is 38.5 Å². The average Bonchev–Trinajstić information content (AvgIpc) is 2.88.